The number of hydrogen-bond donors (Lipinski definition) is 0. The molecule has 0 bridgehead atoms. The van der Waals surface area contributed by atoms with E-state index in [0.717, 1.165) is 23.4 Å². The highest BCUT2D eigenvalue weighted by molar-refractivity contribution is 7.12. The van der Waals surface area contributed by atoms with E-state index in [1.165, 1.54) is 4.88 Å². The van der Waals surface area contributed by atoms with Crippen LogP contribution in [0.25, 0.3) is 0 Å². The summed E-state index contributed by atoms with van der Waals surface area (Å²) in [6, 6.07) is 6.06. The number of aryl methyl sites for hydroxylation is 3. The summed E-state index contributed by atoms with van der Waals surface area (Å²) in [5.41, 5.74) is 1.68. The first kappa shape index (κ1) is 13.0. The minimum absolute atomic E-state index is 0.147. The molecule has 0 unspecified atom stereocenters. The molecule has 2 heterocycles. The number of hydrogen-bond acceptors (Lipinski definition) is 3. The Morgan fingerprint density at radius 3 is 2.56 bits per heavy atom. The number of carbonyl (C=O) groups excluding carboxylic acids is 1. The molecule has 2 rings (SSSR count). The van der Waals surface area contributed by atoms with Gasteiger partial charge in [0.25, 0.3) is 0 Å². The van der Waals surface area contributed by atoms with Crippen LogP contribution in [-0.4, -0.2) is 15.6 Å². The maximum Gasteiger partial charge on any atom is 0.186 e. The van der Waals surface area contributed by atoms with E-state index >= 15 is 0 Å². The average molecular weight is 262 g/mol. The topological polar surface area (TPSA) is 34.9 Å². The lowest BCUT2D eigenvalue weighted by atomic mass is 10.1. The van der Waals surface area contributed by atoms with Gasteiger partial charge in [0.05, 0.1) is 5.69 Å². The number of thiophene rings is 1. The van der Waals surface area contributed by atoms with Crippen molar-refractivity contribution in [2.75, 3.05) is 0 Å². The average Bonchev–Trinajstić information content (AvgIpc) is 2.95. The third-order valence-electron chi connectivity index (χ3n) is 2.98. The normalized spacial score (nSPS) is 10.8. The van der Waals surface area contributed by atoms with Gasteiger partial charge in [-0.1, -0.05) is 13.8 Å². The second kappa shape index (κ2) is 5.48. The number of carbonyl (C=O) groups is 1. The quantitative estimate of drug-likeness (QED) is 0.776. The minimum Gasteiger partial charge on any atom is -0.292 e. The van der Waals surface area contributed by atoms with E-state index in [-0.39, 0.29) is 5.78 Å². The first-order valence-corrected chi connectivity index (χ1v) is 7.09. The summed E-state index contributed by atoms with van der Waals surface area (Å²) >= 11 is 1.72. The van der Waals surface area contributed by atoms with Gasteiger partial charge >= 0.3 is 0 Å². The molecular formula is C14H18N2OS. The van der Waals surface area contributed by atoms with Crippen LogP contribution in [0.3, 0.4) is 0 Å². The Morgan fingerprint density at radius 2 is 2.00 bits per heavy atom. The summed E-state index contributed by atoms with van der Waals surface area (Å²) in [4.78, 5) is 14.7. The van der Waals surface area contributed by atoms with Crippen LogP contribution in [0, 0.1) is 0 Å². The molecule has 96 valence electrons. The third kappa shape index (κ3) is 2.70. The van der Waals surface area contributed by atoms with E-state index in [9.17, 15) is 4.79 Å². The summed E-state index contributed by atoms with van der Waals surface area (Å²) in [7, 11) is 1.83. The molecule has 0 aliphatic rings. The second-order valence-electron chi connectivity index (χ2n) is 4.32. The predicted molar refractivity (Wildman–Crippen MR) is 74.3 cm³/mol. The molecule has 0 aromatic carbocycles. The molecule has 0 saturated carbocycles. The highest BCUT2D eigenvalue weighted by Crippen LogP contribution is 2.19. The van der Waals surface area contributed by atoms with Crippen LogP contribution in [0.1, 0.15) is 39.8 Å². The number of nitrogens with zero attached hydrogens (tertiary/aromatic N) is 2. The zero-order valence-corrected chi connectivity index (χ0v) is 11.9. The number of rotatable bonds is 5. The van der Waals surface area contributed by atoms with E-state index < -0.39 is 0 Å². The zero-order chi connectivity index (χ0) is 13.1. The first-order valence-electron chi connectivity index (χ1n) is 6.27. The van der Waals surface area contributed by atoms with Gasteiger partial charge in [-0.05, 0) is 31.0 Å². The molecule has 0 fully saturated rings. The van der Waals surface area contributed by atoms with Crippen molar-refractivity contribution in [3.63, 3.8) is 0 Å². The van der Waals surface area contributed by atoms with E-state index in [1.54, 1.807) is 16.0 Å². The van der Waals surface area contributed by atoms with E-state index in [2.05, 4.69) is 24.2 Å². The van der Waals surface area contributed by atoms with E-state index in [0.29, 0.717) is 12.1 Å². The molecule has 0 amide bonds. The molecule has 0 N–H and O–H groups in total. The minimum atomic E-state index is 0.147. The Hall–Kier alpha value is -1.42. The highest BCUT2D eigenvalue weighted by Gasteiger charge is 2.14. The Kier molecular flexibility index (Phi) is 3.97. The van der Waals surface area contributed by atoms with E-state index in [1.807, 2.05) is 20.0 Å². The molecule has 2 aromatic rings. The molecule has 0 aliphatic heterocycles. The maximum atomic E-state index is 12.2. The number of aromatic nitrogens is 2. The van der Waals surface area contributed by atoms with Crippen LogP contribution in [0.5, 0.6) is 0 Å². The monoisotopic (exact) mass is 262 g/mol. The van der Waals surface area contributed by atoms with Crippen LogP contribution < -0.4 is 0 Å². The van der Waals surface area contributed by atoms with Crippen molar-refractivity contribution in [3.8, 4) is 0 Å². The predicted octanol–water partition coefficient (Wildman–Crippen LogP) is 3.03. The number of Topliss-reactive ketones (excluding diaryl/α,β-unsaturated/α-hetero) is 1. The summed E-state index contributed by atoms with van der Waals surface area (Å²) in [5, 5.41) is 4.31. The molecule has 0 spiro atoms. The van der Waals surface area contributed by atoms with Gasteiger partial charge in [-0.15, -0.1) is 11.3 Å². The molecule has 4 heteroatoms. The highest BCUT2D eigenvalue weighted by atomic mass is 32.1. The molecule has 0 radical (unpaired) electrons. The molecule has 0 aliphatic carbocycles. The van der Waals surface area contributed by atoms with Gasteiger partial charge in [0.1, 0.15) is 5.69 Å². The fourth-order valence-corrected chi connectivity index (χ4v) is 2.87. The lowest BCUT2D eigenvalue weighted by Gasteiger charge is -1.99. The van der Waals surface area contributed by atoms with Crippen LogP contribution in [0.15, 0.2) is 18.2 Å². The summed E-state index contributed by atoms with van der Waals surface area (Å²) in [6.07, 6.45) is 2.37. The summed E-state index contributed by atoms with van der Waals surface area (Å²) in [6.45, 7) is 4.18. The SMILES string of the molecule is CCc1cc(C(=O)Cc2ccc(CC)s2)n(C)n1. The van der Waals surface area contributed by atoms with Crippen molar-refractivity contribution in [1.82, 2.24) is 9.78 Å². The van der Waals surface area contributed by atoms with Crippen molar-refractivity contribution in [3.05, 3.63) is 39.3 Å². The Labute approximate surface area is 111 Å². The molecule has 3 nitrogen and oxygen atoms in total. The molecule has 0 saturated heterocycles. The lowest BCUT2D eigenvalue weighted by molar-refractivity contribution is 0.0985. The van der Waals surface area contributed by atoms with Gasteiger partial charge in [0.2, 0.25) is 0 Å². The Bertz CT molecular complexity index is 554. The van der Waals surface area contributed by atoms with Crippen molar-refractivity contribution < 1.29 is 4.79 Å². The van der Waals surface area contributed by atoms with E-state index in [4.69, 9.17) is 0 Å². The second-order valence-corrected chi connectivity index (χ2v) is 5.57. The zero-order valence-electron chi connectivity index (χ0n) is 11.1. The van der Waals surface area contributed by atoms with Gasteiger partial charge in [-0.2, -0.15) is 5.10 Å². The van der Waals surface area contributed by atoms with Crippen LogP contribution in [0.2, 0.25) is 0 Å². The maximum absolute atomic E-state index is 12.2. The van der Waals surface area contributed by atoms with Gasteiger partial charge in [0.15, 0.2) is 5.78 Å². The van der Waals surface area contributed by atoms with Crippen molar-refractivity contribution in [2.45, 2.75) is 33.1 Å². The summed E-state index contributed by atoms with van der Waals surface area (Å²) in [5.74, 6) is 0.147. The Morgan fingerprint density at radius 1 is 1.28 bits per heavy atom. The van der Waals surface area contributed by atoms with Gasteiger partial charge in [-0.25, -0.2) is 0 Å². The molecule has 2 aromatic heterocycles. The van der Waals surface area contributed by atoms with Crippen LogP contribution in [-0.2, 0) is 26.3 Å². The standard InChI is InChI=1S/C14H18N2OS/c1-4-10-8-13(16(3)15-10)14(17)9-12-7-6-11(5-2)18-12/h6-8H,4-5,9H2,1-3H3. The van der Waals surface area contributed by atoms with Crippen molar-refractivity contribution in [2.24, 2.45) is 7.05 Å². The first-order chi connectivity index (χ1) is 8.63. The molecular weight excluding hydrogens is 244 g/mol. The van der Waals surface area contributed by atoms with Gasteiger partial charge < -0.3 is 0 Å². The van der Waals surface area contributed by atoms with Crippen molar-refractivity contribution in [1.29, 1.82) is 0 Å². The molecule has 0 atom stereocenters. The smallest absolute Gasteiger partial charge is 0.186 e. The Balaban J connectivity index is 2.13. The third-order valence-corrected chi connectivity index (χ3v) is 4.21. The fourth-order valence-electron chi connectivity index (χ4n) is 1.92. The van der Waals surface area contributed by atoms with Gasteiger partial charge in [-0.3, -0.25) is 9.48 Å². The lowest BCUT2D eigenvalue weighted by Crippen LogP contribution is -2.08. The van der Waals surface area contributed by atoms with Crippen LogP contribution in [0.4, 0.5) is 0 Å². The number of ketones is 1. The fraction of sp³-hybridized carbons (Fsp3) is 0.429. The van der Waals surface area contributed by atoms with Gasteiger partial charge in [0, 0.05) is 23.2 Å². The van der Waals surface area contributed by atoms with Crippen LogP contribution >= 0.6 is 11.3 Å². The molecule has 18 heavy (non-hydrogen) atoms. The largest absolute Gasteiger partial charge is 0.292 e. The van der Waals surface area contributed by atoms with Crippen molar-refractivity contribution >= 4 is 17.1 Å². The summed E-state index contributed by atoms with van der Waals surface area (Å²) < 4.78 is 1.69.